The number of alkyl halides is 2. The van der Waals surface area contributed by atoms with E-state index in [4.69, 9.17) is 23.2 Å². The zero-order valence-corrected chi connectivity index (χ0v) is 16.8. The maximum absolute atomic E-state index is 12.6. The van der Waals surface area contributed by atoms with Crippen LogP contribution in [-0.2, 0) is 7.05 Å². The van der Waals surface area contributed by atoms with E-state index in [2.05, 4.69) is 15.2 Å². The number of nitrogens with zero attached hydrogens (tertiary/aromatic N) is 4. The van der Waals surface area contributed by atoms with Gasteiger partial charge in [-0.05, 0) is 30.2 Å². The smallest absolute Gasteiger partial charge is 0.191 e. The Morgan fingerprint density at radius 3 is 2.70 bits per heavy atom. The number of carbonyl (C=O) groups is 1. The van der Waals surface area contributed by atoms with E-state index in [0.29, 0.717) is 10.7 Å². The number of thioether (sulfide) groups is 1. The van der Waals surface area contributed by atoms with Crippen LogP contribution in [0.2, 0.25) is 0 Å². The van der Waals surface area contributed by atoms with E-state index < -0.39 is 4.33 Å². The molecule has 1 aromatic carbocycles. The van der Waals surface area contributed by atoms with E-state index in [-0.39, 0.29) is 17.5 Å². The fourth-order valence-corrected chi connectivity index (χ4v) is 4.28. The zero-order chi connectivity index (χ0) is 19.0. The molecule has 0 amide bonds. The fourth-order valence-electron chi connectivity index (χ4n) is 2.91. The van der Waals surface area contributed by atoms with Crippen molar-refractivity contribution in [3.05, 3.63) is 59.9 Å². The van der Waals surface area contributed by atoms with Crippen LogP contribution in [0.1, 0.15) is 28.3 Å². The molecule has 0 N–H and O–H groups in total. The third-order valence-electron chi connectivity index (χ3n) is 4.54. The predicted molar refractivity (Wildman–Crippen MR) is 108 cm³/mol. The molecule has 0 unspecified atom stereocenters. The molecule has 27 heavy (non-hydrogen) atoms. The molecule has 2 heterocycles. The molecule has 1 aliphatic carbocycles. The SMILES string of the molecule is Cn1c(SCC(=O)c2cccc([C@H]3CC3(Cl)Cl)c2)nnc1-c1ccncc1. The Bertz CT molecular complexity index is 990. The maximum Gasteiger partial charge on any atom is 0.191 e. The highest BCUT2D eigenvalue weighted by Crippen LogP contribution is 2.59. The number of carbonyl (C=O) groups excluding carboxylic acids is 1. The van der Waals surface area contributed by atoms with Gasteiger partial charge in [-0.1, -0.05) is 30.0 Å². The molecule has 1 fully saturated rings. The minimum atomic E-state index is -0.696. The van der Waals surface area contributed by atoms with Gasteiger partial charge in [-0.15, -0.1) is 33.4 Å². The summed E-state index contributed by atoms with van der Waals surface area (Å²) in [6.45, 7) is 0. The van der Waals surface area contributed by atoms with Gasteiger partial charge >= 0.3 is 0 Å². The Morgan fingerprint density at radius 2 is 2.00 bits per heavy atom. The summed E-state index contributed by atoms with van der Waals surface area (Å²) in [5.41, 5.74) is 2.60. The normalized spacial score (nSPS) is 17.7. The van der Waals surface area contributed by atoms with E-state index in [1.165, 1.54) is 11.8 Å². The van der Waals surface area contributed by atoms with Crippen molar-refractivity contribution in [3.63, 3.8) is 0 Å². The van der Waals surface area contributed by atoms with Crippen LogP contribution < -0.4 is 0 Å². The lowest BCUT2D eigenvalue weighted by molar-refractivity contribution is 0.102. The van der Waals surface area contributed by atoms with Crippen molar-refractivity contribution in [2.45, 2.75) is 21.8 Å². The van der Waals surface area contributed by atoms with Crippen molar-refractivity contribution in [2.24, 2.45) is 7.05 Å². The van der Waals surface area contributed by atoms with Gasteiger partial charge in [0.15, 0.2) is 16.8 Å². The second-order valence-corrected chi connectivity index (χ2v) is 8.94. The lowest BCUT2D eigenvalue weighted by Crippen LogP contribution is -2.05. The van der Waals surface area contributed by atoms with Gasteiger partial charge in [0.1, 0.15) is 4.33 Å². The third-order valence-corrected chi connectivity index (χ3v) is 6.40. The molecule has 4 rings (SSSR count). The van der Waals surface area contributed by atoms with E-state index in [1.807, 2.05) is 48.0 Å². The van der Waals surface area contributed by atoms with E-state index >= 15 is 0 Å². The molecule has 8 heteroatoms. The van der Waals surface area contributed by atoms with Gasteiger partial charge in [0.05, 0.1) is 5.75 Å². The summed E-state index contributed by atoms with van der Waals surface area (Å²) < 4.78 is 1.18. The molecule has 0 spiro atoms. The monoisotopic (exact) mass is 418 g/mol. The maximum atomic E-state index is 12.6. The average molecular weight is 419 g/mol. The second kappa shape index (κ2) is 7.26. The van der Waals surface area contributed by atoms with E-state index in [0.717, 1.165) is 23.4 Å². The minimum absolute atomic E-state index is 0.0331. The quantitative estimate of drug-likeness (QED) is 0.334. The van der Waals surface area contributed by atoms with Crippen LogP contribution in [0, 0.1) is 0 Å². The summed E-state index contributed by atoms with van der Waals surface area (Å²) in [6.07, 6.45) is 4.15. The number of pyridine rings is 1. The predicted octanol–water partition coefficient (Wildman–Crippen LogP) is 4.51. The van der Waals surface area contributed by atoms with Gasteiger partial charge in [-0.2, -0.15) is 0 Å². The second-order valence-electron chi connectivity index (χ2n) is 6.46. The number of hydrogen-bond acceptors (Lipinski definition) is 5. The highest BCUT2D eigenvalue weighted by atomic mass is 35.5. The number of rotatable bonds is 6. The molecule has 2 aromatic heterocycles. The van der Waals surface area contributed by atoms with Crippen molar-refractivity contribution in [1.82, 2.24) is 19.7 Å². The standard InChI is InChI=1S/C19H16Cl2N4OS/c1-25-17(12-5-7-22-8-6-12)23-24-18(25)27-11-16(26)14-4-2-3-13(9-14)15-10-19(15,20)21/h2-9,15H,10-11H2,1H3/t15-/m1/s1. The lowest BCUT2D eigenvalue weighted by Gasteiger charge is -2.06. The molecular formula is C19H16Cl2N4OS. The van der Waals surface area contributed by atoms with Crippen molar-refractivity contribution < 1.29 is 4.79 Å². The summed E-state index contributed by atoms with van der Waals surface area (Å²) in [7, 11) is 1.89. The van der Waals surface area contributed by atoms with Gasteiger partial charge in [-0.3, -0.25) is 9.78 Å². The van der Waals surface area contributed by atoms with Crippen molar-refractivity contribution >= 4 is 40.7 Å². The zero-order valence-electron chi connectivity index (χ0n) is 14.5. The number of hydrogen-bond donors (Lipinski definition) is 0. The number of ketones is 1. The lowest BCUT2D eigenvalue weighted by atomic mass is 10.1. The summed E-state index contributed by atoms with van der Waals surface area (Å²) >= 11 is 13.6. The first kappa shape index (κ1) is 18.5. The van der Waals surface area contributed by atoms with Gasteiger partial charge in [0.2, 0.25) is 0 Å². The Morgan fingerprint density at radius 1 is 1.26 bits per heavy atom. The summed E-state index contributed by atoms with van der Waals surface area (Å²) in [6, 6.07) is 11.3. The molecule has 138 valence electrons. The first-order valence-electron chi connectivity index (χ1n) is 8.39. The fraction of sp³-hybridized carbons (Fsp3) is 0.263. The van der Waals surface area contributed by atoms with E-state index in [9.17, 15) is 4.79 Å². The molecular weight excluding hydrogens is 403 g/mol. The molecule has 0 bridgehead atoms. The highest BCUT2D eigenvalue weighted by Gasteiger charge is 2.52. The molecule has 3 aromatic rings. The van der Waals surface area contributed by atoms with Crippen LogP contribution in [0.3, 0.4) is 0 Å². The van der Waals surface area contributed by atoms with E-state index in [1.54, 1.807) is 12.4 Å². The Hall–Kier alpha value is -1.89. The van der Waals surface area contributed by atoms with Crippen molar-refractivity contribution in [3.8, 4) is 11.4 Å². The number of halogens is 2. The molecule has 0 saturated heterocycles. The van der Waals surface area contributed by atoms with Gasteiger partial charge < -0.3 is 4.57 Å². The number of Topliss-reactive ketones (excluding diaryl/α,β-unsaturated/α-hetero) is 1. The van der Waals surface area contributed by atoms with Crippen LogP contribution in [0.15, 0.2) is 53.9 Å². The largest absolute Gasteiger partial charge is 0.305 e. The Labute approximate surface area is 171 Å². The molecule has 0 aliphatic heterocycles. The average Bonchev–Trinajstić information content (AvgIpc) is 3.17. The Kier molecular flexibility index (Phi) is 4.97. The number of aromatic nitrogens is 4. The highest BCUT2D eigenvalue weighted by molar-refractivity contribution is 7.99. The van der Waals surface area contributed by atoms with Gasteiger partial charge in [0, 0.05) is 36.5 Å². The summed E-state index contributed by atoms with van der Waals surface area (Å²) in [5.74, 6) is 1.15. The molecule has 1 saturated carbocycles. The first-order valence-corrected chi connectivity index (χ1v) is 10.1. The van der Waals surface area contributed by atoms with Crippen LogP contribution in [0.5, 0.6) is 0 Å². The van der Waals surface area contributed by atoms with Crippen LogP contribution in [0.25, 0.3) is 11.4 Å². The summed E-state index contributed by atoms with van der Waals surface area (Å²) in [5, 5.41) is 9.11. The topological polar surface area (TPSA) is 60.7 Å². The van der Waals surface area contributed by atoms with Crippen LogP contribution >= 0.6 is 35.0 Å². The van der Waals surface area contributed by atoms with Crippen molar-refractivity contribution in [2.75, 3.05) is 5.75 Å². The van der Waals surface area contributed by atoms with Crippen LogP contribution in [0.4, 0.5) is 0 Å². The van der Waals surface area contributed by atoms with Gasteiger partial charge in [-0.25, -0.2) is 0 Å². The Balaban J connectivity index is 1.45. The molecule has 0 radical (unpaired) electrons. The molecule has 5 nitrogen and oxygen atoms in total. The first-order chi connectivity index (χ1) is 13.0. The minimum Gasteiger partial charge on any atom is -0.305 e. The van der Waals surface area contributed by atoms with Crippen LogP contribution in [-0.4, -0.2) is 35.6 Å². The third kappa shape index (κ3) is 3.88. The van der Waals surface area contributed by atoms with Crippen molar-refractivity contribution in [1.29, 1.82) is 0 Å². The van der Waals surface area contributed by atoms with Gasteiger partial charge in [0.25, 0.3) is 0 Å². The number of benzene rings is 1. The molecule has 1 aliphatic rings. The molecule has 1 atom stereocenters. The summed E-state index contributed by atoms with van der Waals surface area (Å²) in [4.78, 5) is 16.6.